The van der Waals surface area contributed by atoms with Gasteiger partial charge in [-0.25, -0.2) is 0 Å². The van der Waals surface area contributed by atoms with E-state index in [1.807, 2.05) is 0 Å². The topological polar surface area (TPSA) is 86.2 Å². The zero-order valence-electron chi connectivity index (χ0n) is 11.3. The molecule has 21 heavy (non-hydrogen) atoms. The van der Waals surface area contributed by atoms with E-state index in [1.54, 1.807) is 0 Å². The van der Waals surface area contributed by atoms with Crippen molar-refractivity contribution in [1.82, 2.24) is 0 Å². The molecule has 1 rings (SSSR count). The van der Waals surface area contributed by atoms with Gasteiger partial charge in [0.15, 0.2) is 0 Å². The summed E-state index contributed by atoms with van der Waals surface area (Å²) in [6.07, 6.45) is -3.05. The van der Waals surface area contributed by atoms with Crippen LogP contribution < -0.4 is 11.5 Å². The minimum absolute atomic E-state index is 0.109. The molecule has 0 bridgehead atoms. The molecule has 0 aliphatic carbocycles. The van der Waals surface area contributed by atoms with Crippen LogP contribution in [-0.2, 0) is 22.2 Å². The van der Waals surface area contributed by atoms with Crippen LogP contribution in [0.15, 0.2) is 24.3 Å². The van der Waals surface area contributed by atoms with E-state index in [0.29, 0.717) is 19.3 Å². The normalized spacial score (nSPS) is 12.9. The van der Waals surface area contributed by atoms with Gasteiger partial charge in [-0.1, -0.05) is 12.1 Å². The van der Waals surface area contributed by atoms with E-state index in [9.17, 15) is 22.8 Å². The van der Waals surface area contributed by atoms with Crippen molar-refractivity contribution in [2.45, 2.75) is 31.9 Å². The third-order valence-electron chi connectivity index (χ3n) is 3.15. The number of aryl methyl sites for hydroxylation is 1. The number of nitrogens with two attached hydrogens (primary N) is 2. The molecule has 4 N–H and O–H groups in total. The molecule has 0 heterocycles. The number of halogens is 3. The molecule has 1 aromatic carbocycles. The predicted octanol–water partition coefficient (Wildman–Crippen LogP) is 2.00. The first-order valence-corrected chi connectivity index (χ1v) is 6.44. The third-order valence-corrected chi connectivity index (χ3v) is 3.15. The fraction of sp³-hybridized carbons (Fsp3) is 0.429. The molecule has 7 heteroatoms. The number of primary amides is 2. The molecule has 0 spiro atoms. The minimum Gasteiger partial charge on any atom is -0.370 e. The summed E-state index contributed by atoms with van der Waals surface area (Å²) in [4.78, 5) is 21.9. The Balaban J connectivity index is 2.51. The monoisotopic (exact) mass is 302 g/mol. The van der Waals surface area contributed by atoms with Gasteiger partial charge in [-0.15, -0.1) is 0 Å². The first-order valence-electron chi connectivity index (χ1n) is 6.44. The highest BCUT2D eigenvalue weighted by Gasteiger charge is 2.29. The number of rotatable bonds is 7. The van der Waals surface area contributed by atoms with Gasteiger partial charge in [-0.05, 0) is 37.0 Å². The highest BCUT2D eigenvalue weighted by Crippen LogP contribution is 2.29. The van der Waals surface area contributed by atoms with E-state index >= 15 is 0 Å². The number of amides is 2. The van der Waals surface area contributed by atoms with Crippen molar-refractivity contribution in [1.29, 1.82) is 0 Å². The quantitative estimate of drug-likeness (QED) is 0.807. The second-order valence-electron chi connectivity index (χ2n) is 4.86. The van der Waals surface area contributed by atoms with Gasteiger partial charge in [-0.3, -0.25) is 9.59 Å². The molecule has 0 radical (unpaired) electrons. The largest absolute Gasteiger partial charge is 0.416 e. The Labute approximate surface area is 120 Å². The average molecular weight is 302 g/mol. The number of alkyl halides is 3. The lowest BCUT2D eigenvalue weighted by atomic mass is 9.95. The Morgan fingerprint density at radius 1 is 1.10 bits per heavy atom. The van der Waals surface area contributed by atoms with E-state index in [-0.39, 0.29) is 6.42 Å². The molecule has 0 saturated carbocycles. The Morgan fingerprint density at radius 2 is 1.67 bits per heavy atom. The van der Waals surface area contributed by atoms with Crippen LogP contribution in [0, 0.1) is 5.92 Å². The average Bonchev–Trinajstić information content (AvgIpc) is 2.36. The molecular weight excluding hydrogens is 285 g/mol. The van der Waals surface area contributed by atoms with Gasteiger partial charge in [0.25, 0.3) is 0 Å². The minimum atomic E-state index is -4.35. The SMILES string of the molecule is NC(=O)C[C@@H](CCCc1ccc(C(F)(F)F)cc1)C(N)=O. The zero-order valence-corrected chi connectivity index (χ0v) is 11.3. The van der Waals surface area contributed by atoms with Crippen LogP contribution in [0.3, 0.4) is 0 Å². The summed E-state index contributed by atoms with van der Waals surface area (Å²) in [5.41, 5.74) is 10.2. The van der Waals surface area contributed by atoms with Crippen molar-refractivity contribution in [3.63, 3.8) is 0 Å². The van der Waals surface area contributed by atoms with Gasteiger partial charge in [0.2, 0.25) is 11.8 Å². The lowest BCUT2D eigenvalue weighted by Crippen LogP contribution is -2.28. The molecule has 0 aliphatic heterocycles. The summed E-state index contributed by atoms with van der Waals surface area (Å²) in [6, 6.07) is 4.83. The fourth-order valence-electron chi connectivity index (χ4n) is 2.00. The smallest absolute Gasteiger partial charge is 0.370 e. The number of carbonyl (C=O) groups excluding carboxylic acids is 2. The van der Waals surface area contributed by atoms with Gasteiger partial charge in [-0.2, -0.15) is 13.2 Å². The summed E-state index contributed by atoms with van der Waals surface area (Å²) in [7, 11) is 0. The number of benzene rings is 1. The first kappa shape index (κ1) is 17.0. The van der Waals surface area contributed by atoms with Gasteiger partial charge in [0, 0.05) is 12.3 Å². The lowest BCUT2D eigenvalue weighted by Gasteiger charge is -2.11. The van der Waals surface area contributed by atoms with Crippen molar-refractivity contribution in [3.8, 4) is 0 Å². The van der Waals surface area contributed by atoms with Crippen molar-refractivity contribution in [3.05, 3.63) is 35.4 Å². The summed E-state index contributed by atoms with van der Waals surface area (Å²) in [5.74, 6) is -1.83. The predicted molar refractivity (Wildman–Crippen MR) is 70.9 cm³/mol. The van der Waals surface area contributed by atoms with Crippen molar-refractivity contribution >= 4 is 11.8 Å². The number of hydrogen-bond acceptors (Lipinski definition) is 2. The zero-order chi connectivity index (χ0) is 16.0. The number of carbonyl (C=O) groups is 2. The van der Waals surface area contributed by atoms with Crippen LogP contribution in [-0.4, -0.2) is 11.8 Å². The Hall–Kier alpha value is -2.05. The molecule has 4 nitrogen and oxygen atoms in total. The maximum Gasteiger partial charge on any atom is 0.416 e. The van der Waals surface area contributed by atoms with Gasteiger partial charge < -0.3 is 11.5 Å². The Kier molecular flexibility index (Phi) is 5.75. The summed E-state index contributed by atoms with van der Waals surface area (Å²) >= 11 is 0. The third kappa shape index (κ3) is 5.85. The Bertz CT molecular complexity index is 498. The van der Waals surface area contributed by atoms with Crippen LogP contribution in [0.5, 0.6) is 0 Å². The first-order chi connectivity index (χ1) is 9.70. The van der Waals surface area contributed by atoms with E-state index < -0.39 is 29.5 Å². The van der Waals surface area contributed by atoms with Gasteiger partial charge in [0.1, 0.15) is 0 Å². The van der Waals surface area contributed by atoms with Crippen LogP contribution in [0.4, 0.5) is 13.2 Å². The molecular formula is C14H17F3N2O2. The van der Waals surface area contributed by atoms with Crippen molar-refractivity contribution < 1.29 is 22.8 Å². The second kappa shape index (κ2) is 7.10. The van der Waals surface area contributed by atoms with Crippen LogP contribution in [0.2, 0.25) is 0 Å². The molecule has 1 atom stereocenters. The maximum atomic E-state index is 12.4. The summed E-state index contributed by atoms with van der Waals surface area (Å²) in [6.45, 7) is 0. The highest BCUT2D eigenvalue weighted by molar-refractivity contribution is 5.83. The highest BCUT2D eigenvalue weighted by atomic mass is 19.4. The van der Waals surface area contributed by atoms with E-state index in [1.165, 1.54) is 12.1 Å². The van der Waals surface area contributed by atoms with Crippen LogP contribution in [0.1, 0.15) is 30.4 Å². The molecule has 0 fully saturated rings. The molecule has 0 aliphatic rings. The molecule has 1 aromatic rings. The van der Waals surface area contributed by atoms with Crippen molar-refractivity contribution in [2.24, 2.45) is 17.4 Å². The standard InChI is InChI=1S/C14H17F3N2O2/c15-14(16,17)11-6-4-9(5-7-11)2-1-3-10(13(19)21)8-12(18)20/h4-7,10H,1-3,8H2,(H2,18,20)(H2,19,21)/t10-/m1/s1. The van der Waals surface area contributed by atoms with Crippen LogP contribution >= 0.6 is 0 Å². The molecule has 2 amide bonds. The fourth-order valence-corrected chi connectivity index (χ4v) is 2.00. The second-order valence-corrected chi connectivity index (χ2v) is 4.86. The van der Waals surface area contributed by atoms with Crippen LogP contribution in [0.25, 0.3) is 0 Å². The Morgan fingerprint density at radius 3 is 2.10 bits per heavy atom. The maximum absolute atomic E-state index is 12.4. The molecule has 0 unspecified atom stereocenters. The summed E-state index contributed by atoms with van der Waals surface area (Å²) in [5, 5.41) is 0. The summed E-state index contributed by atoms with van der Waals surface area (Å²) < 4.78 is 37.2. The van der Waals surface area contributed by atoms with Gasteiger partial charge in [0.05, 0.1) is 5.56 Å². The van der Waals surface area contributed by atoms with Gasteiger partial charge >= 0.3 is 6.18 Å². The molecule has 0 aromatic heterocycles. The van der Waals surface area contributed by atoms with Crippen molar-refractivity contribution in [2.75, 3.05) is 0 Å². The number of hydrogen-bond donors (Lipinski definition) is 2. The lowest BCUT2D eigenvalue weighted by molar-refractivity contribution is -0.137. The van der Waals surface area contributed by atoms with E-state index in [0.717, 1.165) is 17.7 Å². The van der Waals surface area contributed by atoms with E-state index in [4.69, 9.17) is 11.5 Å². The molecule has 116 valence electrons. The molecule has 0 saturated heterocycles. The van der Waals surface area contributed by atoms with E-state index in [2.05, 4.69) is 0 Å².